The number of hydrogen-bond donors (Lipinski definition) is 4. The zero-order valence-corrected chi connectivity index (χ0v) is 7.61. The largest absolute Gasteiger partial charge is 0.508 e. The maximum Gasteiger partial charge on any atom is 0.344 e. The SMILES string of the molecule is O=P(O)(O)CNc1ccc(O)cc1. The summed E-state index contributed by atoms with van der Waals surface area (Å²) < 4.78 is 10.5. The number of hydrogen-bond acceptors (Lipinski definition) is 3. The minimum Gasteiger partial charge on any atom is -0.508 e. The van der Waals surface area contributed by atoms with Crippen molar-refractivity contribution in [3.63, 3.8) is 0 Å². The fraction of sp³-hybridized carbons (Fsp3) is 0.143. The van der Waals surface area contributed by atoms with Gasteiger partial charge in [-0.25, -0.2) is 0 Å². The van der Waals surface area contributed by atoms with Gasteiger partial charge in [0, 0.05) is 5.69 Å². The lowest BCUT2D eigenvalue weighted by Gasteiger charge is -2.07. The van der Waals surface area contributed by atoms with E-state index < -0.39 is 13.9 Å². The van der Waals surface area contributed by atoms with Gasteiger partial charge in [0.25, 0.3) is 0 Å². The molecule has 6 heteroatoms. The van der Waals surface area contributed by atoms with Crippen LogP contribution in [-0.4, -0.2) is 21.2 Å². The monoisotopic (exact) mass is 203 g/mol. The lowest BCUT2D eigenvalue weighted by atomic mass is 10.3. The predicted octanol–water partition coefficient (Wildman–Crippen LogP) is 0.939. The van der Waals surface area contributed by atoms with Crippen molar-refractivity contribution in [2.75, 3.05) is 11.6 Å². The van der Waals surface area contributed by atoms with Crippen molar-refractivity contribution in [2.24, 2.45) is 0 Å². The molecule has 0 spiro atoms. The zero-order valence-electron chi connectivity index (χ0n) is 6.71. The molecule has 0 aromatic heterocycles. The summed E-state index contributed by atoms with van der Waals surface area (Å²) in [4.78, 5) is 17.1. The Kier molecular flexibility index (Phi) is 2.93. The van der Waals surface area contributed by atoms with Crippen LogP contribution in [0.15, 0.2) is 24.3 Å². The van der Waals surface area contributed by atoms with E-state index in [1.54, 1.807) is 0 Å². The Balaban J connectivity index is 2.56. The normalized spacial score (nSPS) is 11.2. The number of rotatable bonds is 3. The van der Waals surface area contributed by atoms with E-state index in [1.807, 2.05) is 0 Å². The Hall–Kier alpha value is -1.03. The molecule has 1 rings (SSSR count). The third-order valence-electron chi connectivity index (χ3n) is 1.36. The van der Waals surface area contributed by atoms with Crippen LogP contribution in [0.25, 0.3) is 0 Å². The minimum atomic E-state index is -4.02. The summed E-state index contributed by atoms with van der Waals surface area (Å²) in [6, 6.07) is 5.93. The maximum atomic E-state index is 10.5. The highest BCUT2D eigenvalue weighted by Crippen LogP contribution is 2.33. The van der Waals surface area contributed by atoms with Crippen molar-refractivity contribution >= 4 is 13.3 Å². The molecule has 0 fully saturated rings. The third kappa shape index (κ3) is 3.94. The van der Waals surface area contributed by atoms with Crippen molar-refractivity contribution in [3.8, 4) is 5.75 Å². The van der Waals surface area contributed by atoms with E-state index in [1.165, 1.54) is 24.3 Å². The van der Waals surface area contributed by atoms with Crippen molar-refractivity contribution in [1.29, 1.82) is 0 Å². The van der Waals surface area contributed by atoms with E-state index in [0.717, 1.165) is 0 Å². The van der Waals surface area contributed by atoms with Crippen LogP contribution in [0.1, 0.15) is 0 Å². The predicted molar refractivity (Wildman–Crippen MR) is 48.6 cm³/mol. The summed E-state index contributed by atoms with van der Waals surface area (Å²) in [5.41, 5.74) is 0.557. The van der Waals surface area contributed by atoms with E-state index in [-0.39, 0.29) is 5.75 Å². The maximum absolute atomic E-state index is 10.5. The van der Waals surface area contributed by atoms with Gasteiger partial charge in [-0.3, -0.25) is 4.57 Å². The molecule has 0 bridgehead atoms. The van der Waals surface area contributed by atoms with Crippen LogP contribution in [0.2, 0.25) is 0 Å². The summed E-state index contributed by atoms with van der Waals surface area (Å²) in [5.74, 6) is 0.113. The Morgan fingerprint density at radius 1 is 1.23 bits per heavy atom. The molecule has 0 amide bonds. The Morgan fingerprint density at radius 3 is 2.23 bits per heavy atom. The van der Waals surface area contributed by atoms with E-state index in [0.29, 0.717) is 5.69 Å². The molecule has 72 valence electrons. The summed E-state index contributed by atoms with van der Waals surface area (Å²) in [7, 11) is -4.02. The quantitative estimate of drug-likeness (QED) is 0.433. The fourth-order valence-electron chi connectivity index (χ4n) is 0.774. The second-order valence-corrected chi connectivity index (χ2v) is 4.19. The van der Waals surface area contributed by atoms with Crippen LogP contribution < -0.4 is 5.32 Å². The Labute approximate surface area is 75.2 Å². The summed E-state index contributed by atoms with van der Waals surface area (Å²) in [6.07, 6.45) is -0.405. The van der Waals surface area contributed by atoms with Gasteiger partial charge in [-0.15, -0.1) is 0 Å². The Morgan fingerprint density at radius 2 is 1.77 bits per heavy atom. The van der Waals surface area contributed by atoms with Gasteiger partial charge in [-0.05, 0) is 24.3 Å². The van der Waals surface area contributed by atoms with Gasteiger partial charge in [0.05, 0.1) is 0 Å². The molecule has 5 nitrogen and oxygen atoms in total. The highest BCUT2D eigenvalue weighted by atomic mass is 31.2. The van der Waals surface area contributed by atoms with Gasteiger partial charge in [0.1, 0.15) is 12.0 Å². The van der Waals surface area contributed by atoms with Crippen LogP contribution in [0.4, 0.5) is 5.69 Å². The molecular weight excluding hydrogens is 193 g/mol. The standard InChI is InChI=1S/C7H10NO4P/c9-7-3-1-6(2-4-7)8-5-13(10,11)12/h1-4,8-9H,5H2,(H2,10,11,12). The molecule has 0 saturated carbocycles. The minimum absolute atomic E-state index is 0.113. The van der Waals surface area contributed by atoms with Crippen molar-refractivity contribution < 1.29 is 19.5 Å². The second kappa shape index (κ2) is 3.79. The highest BCUT2D eigenvalue weighted by Gasteiger charge is 2.11. The molecule has 1 aromatic rings. The molecule has 0 aliphatic carbocycles. The van der Waals surface area contributed by atoms with Crippen LogP contribution in [0.5, 0.6) is 5.75 Å². The molecule has 4 N–H and O–H groups in total. The number of phenols is 1. The molecule has 1 aromatic carbocycles. The second-order valence-electron chi connectivity index (χ2n) is 2.55. The van der Waals surface area contributed by atoms with Gasteiger partial charge in [0.15, 0.2) is 0 Å². The van der Waals surface area contributed by atoms with E-state index >= 15 is 0 Å². The van der Waals surface area contributed by atoms with Crippen LogP contribution in [0, 0.1) is 0 Å². The molecule has 13 heavy (non-hydrogen) atoms. The molecule has 0 heterocycles. The van der Waals surface area contributed by atoms with Crippen molar-refractivity contribution in [1.82, 2.24) is 0 Å². The van der Waals surface area contributed by atoms with Crippen molar-refractivity contribution in [2.45, 2.75) is 0 Å². The summed E-state index contributed by atoms with van der Waals surface area (Å²) in [6.45, 7) is 0. The van der Waals surface area contributed by atoms with E-state index in [9.17, 15) is 4.57 Å². The third-order valence-corrected chi connectivity index (χ3v) is 1.93. The van der Waals surface area contributed by atoms with Crippen LogP contribution in [0.3, 0.4) is 0 Å². The number of aromatic hydroxyl groups is 1. The van der Waals surface area contributed by atoms with Gasteiger partial charge in [-0.2, -0.15) is 0 Å². The zero-order chi connectivity index (χ0) is 9.90. The molecule has 0 saturated heterocycles. The highest BCUT2D eigenvalue weighted by molar-refractivity contribution is 7.51. The fourth-order valence-corrected chi connectivity index (χ4v) is 1.16. The van der Waals surface area contributed by atoms with Gasteiger partial charge in [-0.1, -0.05) is 0 Å². The first-order valence-corrected chi connectivity index (χ1v) is 5.34. The van der Waals surface area contributed by atoms with Gasteiger partial charge >= 0.3 is 7.60 Å². The molecular formula is C7H10NO4P. The first-order chi connectivity index (χ1) is 5.97. The molecule has 0 aliphatic heterocycles. The number of phenolic OH excluding ortho intramolecular Hbond substituents is 1. The lowest BCUT2D eigenvalue weighted by molar-refractivity contribution is 0.375. The average molecular weight is 203 g/mol. The molecule has 0 unspecified atom stereocenters. The molecule has 0 aliphatic rings. The van der Waals surface area contributed by atoms with Gasteiger partial charge in [0.2, 0.25) is 0 Å². The molecule has 0 atom stereocenters. The summed E-state index contributed by atoms with van der Waals surface area (Å²) in [5, 5.41) is 11.4. The number of anilines is 1. The van der Waals surface area contributed by atoms with E-state index in [2.05, 4.69) is 5.32 Å². The van der Waals surface area contributed by atoms with Crippen LogP contribution >= 0.6 is 7.60 Å². The lowest BCUT2D eigenvalue weighted by Crippen LogP contribution is -2.01. The first-order valence-electron chi connectivity index (χ1n) is 3.55. The van der Waals surface area contributed by atoms with Crippen molar-refractivity contribution in [3.05, 3.63) is 24.3 Å². The first kappa shape index (κ1) is 10.1. The average Bonchev–Trinajstić information content (AvgIpc) is 2.02. The van der Waals surface area contributed by atoms with E-state index in [4.69, 9.17) is 14.9 Å². The smallest absolute Gasteiger partial charge is 0.344 e. The summed E-state index contributed by atoms with van der Waals surface area (Å²) >= 11 is 0. The van der Waals surface area contributed by atoms with Gasteiger partial charge < -0.3 is 20.2 Å². The number of benzene rings is 1. The topological polar surface area (TPSA) is 89.8 Å². The Bertz CT molecular complexity index is 318. The molecule has 0 radical (unpaired) electrons. The number of nitrogens with one attached hydrogen (secondary N) is 1. The van der Waals surface area contributed by atoms with Crippen LogP contribution in [-0.2, 0) is 4.57 Å².